The number of anilines is 1. The number of benzene rings is 2. The van der Waals surface area contributed by atoms with Crippen molar-refractivity contribution in [1.82, 2.24) is 25.7 Å². The largest absolute Gasteiger partial charge is 0.494 e. The molecule has 1 aromatic heterocycles. The molecule has 0 radical (unpaired) electrons. The van der Waals surface area contributed by atoms with Crippen LogP contribution in [0.1, 0.15) is 52.0 Å². The number of aromatic nitrogens is 1. The van der Waals surface area contributed by atoms with E-state index in [0.29, 0.717) is 30.8 Å². The highest BCUT2D eigenvalue weighted by atomic mass is 32.2. The molecule has 0 saturated heterocycles. The van der Waals surface area contributed by atoms with E-state index in [2.05, 4.69) is 25.7 Å². The Labute approximate surface area is 307 Å². The van der Waals surface area contributed by atoms with Crippen LogP contribution in [0.3, 0.4) is 0 Å². The topological polar surface area (TPSA) is 273 Å². The Morgan fingerprint density at radius 1 is 0.868 bits per heavy atom. The van der Waals surface area contributed by atoms with Gasteiger partial charge in [-0.25, -0.2) is 13.4 Å². The zero-order valence-corrected chi connectivity index (χ0v) is 30.9. The summed E-state index contributed by atoms with van der Waals surface area (Å²) in [7, 11) is -8.61. The molecule has 0 aliphatic carbocycles. The average molecular weight is 777 g/mol. The first-order valence-electron chi connectivity index (χ1n) is 16.5. The summed E-state index contributed by atoms with van der Waals surface area (Å²) in [4.78, 5) is 52.5. The van der Waals surface area contributed by atoms with Crippen molar-refractivity contribution in [2.45, 2.75) is 56.9 Å². The number of rotatable bonds is 21. The number of carboxylic acids is 1. The molecule has 0 aliphatic rings. The van der Waals surface area contributed by atoms with E-state index >= 15 is 0 Å². The quantitative estimate of drug-likeness (QED) is 0.0586. The summed E-state index contributed by atoms with van der Waals surface area (Å²) in [6, 6.07) is 13.4. The Kier molecular flexibility index (Phi) is 15.7. The van der Waals surface area contributed by atoms with Gasteiger partial charge in [0.1, 0.15) is 17.6 Å². The molecule has 0 fully saturated rings. The fourth-order valence-electron chi connectivity index (χ4n) is 5.10. The molecule has 19 heteroatoms. The molecule has 53 heavy (non-hydrogen) atoms. The van der Waals surface area contributed by atoms with E-state index in [1.54, 1.807) is 30.3 Å². The smallest absolute Gasteiger partial charge is 0.323 e. The van der Waals surface area contributed by atoms with Crippen molar-refractivity contribution in [2.75, 3.05) is 37.7 Å². The fraction of sp³-hybridized carbons (Fsp3) is 0.382. The van der Waals surface area contributed by atoms with Crippen molar-refractivity contribution in [3.8, 4) is 5.75 Å². The predicted octanol–water partition coefficient (Wildman–Crippen LogP) is 0.897. The highest BCUT2D eigenvalue weighted by molar-refractivity contribution is 7.89. The number of nitrogens with one attached hydrogen (secondary N) is 4. The number of carbonyl (C=O) groups is 4. The van der Waals surface area contributed by atoms with Gasteiger partial charge in [0.15, 0.2) is 0 Å². The molecule has 0 aliphatic heterocycles. The molecule has 3 aromatic rings. The van der Waals surface area contributed by atoms with Gasteiger partial charge in [0.25, 0.3) is 16.0 Å². The van der Waals surface area contributed by atoms with Crippen LogP contribution < -0.4 is 31.1 Å². The maximum absolute atomic E-state index is 13.3. The number of nitrogens with two attached hydrogens (primary N) is 1. The summed E-state index contributed by atoms with van der Waals surface area (Å²) in [5.41, 5.74) is 8.33. The standard InChI is InChI=1S/C34H44N6O11S2/c1-22-19-27(51-17-4-7-30(41)36-15-16-37-31(42)14-18-52(46,47)48)20-23(2)32(22)53(49,50)40-28(34(44)45)21-38-33(43)25-11-8-24(9-12-25)10-13-26-5-3-6-29(35)39-26/h3,5-6,8-9,11-12,19-20,28,40H,4,7,10,13-18,21H2,1-2H3,(H2,35,39)(H,36,41)(H,37,42)(H,38,43)(H,44,45)(H,46,47,48)/t28-/m0/s1. The van der Waals surface area contributed by atoms with Gasteiger partial charge in [0, 0.05) is 43.7 Å². The number of hydrogen-bond acceptors (Lipinski definition) is 11. The number of nitrogen functional groups attached to an aromatic ring is 1. The zero-order chi connectivity index (χ0) is 39.2. The van der Waals surface area contributed by atoms with Crippen LogP contribution in [0.2, 0.25) is 0 Å². The van der Waals surface area contributed by atoms with Crippen molar-refractivity contribution in [3.05, 3.63) is 82.5 Å². The summed E-state index contributed by atoms with van der Waals surface area (Å²) in [6.45, 7) is 2.82. The molecule has 2 aromatic carbocycles. The van der Waals surface area contributed by atoms with Crippen LogP contribution in [0.4, 0.5) is 5.82 Å². The second-order valence-corrected chi connectivity index (χ2v) is 15.3. The average Bonchev–Trinajstić information content (AvgIpc) is 3.08. The maximum atomic E-state index is 13.3. The van der Waals surface area contributed by atoms with Crippen LogP contribution in [0.15, 0.2) is 59.5 Å². The normalized spacial score (nSPS) is 12.1. The maximum Gasteiger partial charge on any atom is 0.323 e. The van der Waals surface area contributed by atoms with Gasteiger partial charge < -0.3 is 31.5 Å². The van der Waals surface area contributed by atoms with E-state index in [4.69, 9.17) is 15.0 Å². The summed E-state index contributed by atoms with van der Waals surface area (Å²) in [6.07, 6.45) is 1.30. The van der Waals surface area contributed by atoms with Crippen molar-refractivity contribution < 1.29 is 50.4 Å². The van der Waals surface area contributed by atoms with E-state index in [9.17, 15) is 41.1 Å². The molecule has 8 N–H and O–H groups in total. The summed E-state index contributed by atoms with van der Waals surface area (Å²) >= 11 is 0. The van der Waals surface area contributed by atoms with Gasteiger partial charge in [-0.2, -0.15) is 13.1 Å². The molecule has 288 valence electrons. The minimum absolute atomic E-state index is 0.0669. The monoisotopic (exact) mass is 776 g/mol. The van der Waals surface area contributed by atoms with Crippen molar-refractivity contribution >= 4 is 49.7 Å². The number of aryl methyl sites for hydroxylation is 4. The molecular weight excluding hydrogens is 733 g/mol. The molecule has 17 nitrogen and oxygen atoms in total. The second kappa shape index (κ2) is 19.6. The first-order chi connectivity index (χ1) is 24.9. The third kappa shape index (κ3) is 14.8. The Morgan fingerprint density at radius 3 is 2.08 bits per heavy atom. The molecule has 1 atom stereocenters. The molecule has 1 heterocycles. The van der Waals surface area contributed by atoms with Crippen molar-refractivity contribution in [3.63, 3.8) is 0 Å². The zero-order valence-electron chi connectivity index (χ0n) is 29.3. The number of sulfonamides is 1. The fourth-order valence-corrected chi connectivity index (χ4v) is 7.18. The Morgan fingerprint density at radius 2 is 1.49 bits per heavy atom. The van der Waals surface area contributed by atoms with Gasteiger partial charge in [-0.1, -0.05) is 18.2 Å². The van der Waals surface area contributed by atoms with E-state index in [1.807, 2.05) is 12.1 Å². The summed E-state index contributed by atoms with van der Waals surface area (Å²) in [5, 5.41) is 17.2. The molecule has 0 unspecified atom stereocenters. The first-order valence-corrected chi connectivity index (χ1v) is 19.6. The number of carbonyl (C=O) groups excluding carboxylic acids is 3. The molecule has 3 rings (SSSR count). The van der Waals surface area contributed by atoms with Gasteiger partial charge in [0.05, 0.1) is 17.3 Å². The van der Waals surface area contributed by atoms with Gasteiger partial charge in [-0.15, -0.1) is 0 Å². The Bertz CT molecular complexity index is 1970. The minimum Gasteiger partial charge on any atom is -0.494 e. The number of aliphatic carboxylic acids is 1. The van der Waals surface area contributed by atoms with Gasteiger partial charge in [-0.05, 0) is 86.2 Å². The highest BCUT2D eigenvalue weighted by Crippen LogP contribution is 2.26. The van der Waals surface area contributed by atoms with E-state index in [0.717, 1.165) is 11.3 Å². The van der Waals surface area contributed by atoms with Gasteiger partial charge in [0.2, 0.25) is 21.8 Å². The van der Waals surface area contributed by atoms with Crippen LogP contribution in [0.25, 0.3) is 0 Å². The molecule has 3 amide bonds. The molecule has 0 spiro atoms. The van der Waals surface area contributed by atoms with E-state index in [1.165, 1.54) is 26.0 Å². The van der Waals surface area contributed by atoms with Gasteiger partial charge >= 0.3 is 5.97 Å². The molecular formula is C34H44N6O11S2. The lowest BCUT2D eigenvalue weighted by Crippen LogP contribution is -2.48. The number of nitrogens with zero attached hydrogens (tertiary/aromatic N) is 1. The SMILES string of the molecule is Cc1cc(OCCCC(=O)NCCNC(=O)CCS(=O)(=O)O)cc(C)c1S(=O)(=O)N[C@@H](CNC(=O)c1ccc(CCc2cccc(N)n2)cc1)C(=O)O. The lowest BCUT2D eigenvalue weighted by atomic mass is 10.1. The van der Waals surface area contributed by atoms with Crippen LogP contribution >= 0.6 is 0 Å². The van der Waals surface area contributed by atoms with Crippen LogP contribution in [0.5, 0.6) is 5.75 Å². The molecule has 0 bridgehead atoms. The number of ether oxygens (including phenoxy) is 1. The van der Waals surface area contributed by atoms with E-state index in [-0.39, 0.29) is 53.6 Å². The Hall–Kier alpha value is -5.11. The van der Waals surface area contributed by atoms with Gasteiger partial charge in [-0.3, -0.25) is 23.7 Å². The Balaban J connectivity index is 1.46. The van der Waals surface area contributed by atoms with Crippen LogP contribution in [-0.2, 0) is 47.4 Å². The van der Waals surface area contributed by atoms with Crippen LogP contribution in [-0.4, -0.2) is 93.2 Å². The van der Waals surface area contributed by atoms with Crippen molar-refractivity contribution in [1.29, 1.82) is 0 Å². The number of hydrogen-bond donors (Lipinski definition) is 7. The summed E-state index contributed by atoms with van der Waals surface area (Å²) < 4.78 is 64.6. The number of pyridine rings is 1. The third-order valence-corrected chi connectivity index (χ3v) is 10.1. The molecule has 0 saturated carbocycles. The summed E-state index contributed by atoms with van der Waals surface area (Å²) in [5.74, 6) is -2.90. The van der Waals surface area contributed by atoms with Crippen molar-refractivity contribution in [2.24, 2.45) is 0 Å². The lowest BCUT2D eigenvalue weighted by Gasteiger charge is -2.19. The lowest BCUT2D eigenvalue weighted by molar-refractivity contribution is -0.138. The second-order valence-electron chi connectivity index (χ2n) is 12.0. The predicted molar refractivity (Wildman–Crippen MR) is 194 cm³/mol. The van der Waals surface area contributed by atoms with E-state index < -0.39 is 62.7 Å². The number of carboxylic acid groups (broad SMARTS) is 1. The minimum atomic E-state index is -4.36. The highest BCUT2D eigenvalue weighted by Gasteiger charge is 2.29. The number of amides is 3. The van der Waals surface area contributed by atoms with Crippen LogP contribution in [0, 0.1) is 13.8 Å². The first kappa shape index (κ1) is 42.3. The third-order valence-electron chi connectivity index (χ3n) is 7.65.